The van der Waals surface area contributed by atoms with Crippen LogP contribution in [-0.4, -0.2) is 20.6 Å². The summed E-state index contributed by atoms with van der Waals surface area (Å²) in [6, 6.07) is 22.2. The van der Waals surface area contributed by atoms with Gasteiger partial charge in [0.15, 0.2) is 0 Å². The minimum absolute atomic E-state index is 0.133. The molecule has 4 aromatic rings. The Labute approximate surface area is 186 Å². The molecule has 160 valence electrons. The number of carbonyl (C=O) groups excluding carboxylic acids is 1. The number of imidazole rings is 1. The van der Waals surface area contributed by atoms with Crippen LogP contribution in [0.2, 0.25) is 0 Å². The van der Waals surface area contributed by atoms with E-state index >= 15 is 0 Å². The van der Waals surface area contributed by atoms with Crippen LogP contribution in [0.25, 0.3) is 11.0 Å². The fourth-order valence-electron chi connectivity index (χ4n) is 4.29. The van der Waals surface area contributed by atoms with E-state index in [9.17, 15) is 9.90 Å². The van der Waals surface area contributed by atoms with E-state index in [1.165, 1.54) is 5.56 Å². The van der Waals surface area contributed by atoms with Crippen molar-refractivity contribution in [2.24, 2.45) is 0 Å². The third-order valence-electron chi connectivity index (χ3n) is 5.93. The number of phenols is 1. The smallest absolute Gasteiger partial charge is 0.255 e. The summed E-state index contributed by atoms with van der Waals surface area (Å²) >= 11 is 0. The van der Waals surface area contributed by atoms with Crippen molar-refractivity contribution in [2.45, 2.75) is 26.3 Å². The first kappa shape index (κ1) is 19.9. The largest absolute Gasteiger partial charge is 0.508 e. The number of anilines is 2. The lowest BCUT2D eigenvalue weighted by Gasteiger charge is -2.31. The number of benzene rings is 3. The van der Waals surface area contributed by atoms with Crippen molar-refractivity contribution < 1.29 is 9.90 Å². The number of carbonyl (C=O) groups is 1. The zero-order valence-corrected chi connectivity index (χ0v) is 18.0. The lowest BCUT2D eigenvalue weighted by molar-refractivity contribution is -0.113. The maximum absolute atomic E-state index is 13.6. The number of nitrogens with zero attached hydrogens (tertiary/aromatic N) is 2. The van der Waals surface area contributed by atoms with Crippen LogP contribution in [-0.2, 0) is 11.2 Å². The van der Waals surface area contributed by atoms with Gasteiger partial charge >= 0.3 is 0 Å². The summed E-state index contributed by atoms with van der Waals surface area (Å²) in [7, 11) is 0. The molecule has 0 aliphatic carbocycles. The summed E-state index contributed by atoms with van der Waals surface area (Å²) in [5, 5.41) is 17.0. The highest BCUT2D eigenvalue weighted by Crippen LogP contribution is 2.42. The van der Waals surface area contributed by atoms with E-state index in [1.54, 1.807) is 12.1 Å². The monoisotopic (exact) mass is 424 g/mol. The number of aromatic nitrogens is 2. The number of nitrogens with one attached hydrogen (secondary N) is 2. The maximum atomic E-state index is 13.6. The molecule has 6 nitrogen and oxygen atoms in total. The van der Waals surface area contributed by atoms with Gasteiger partial charge in [0.25, 0.3) is 5.91 Å². The summed E-state index contributed by atoms with van der Waals surface area (Å²) < 4.78 is 1.98. The molecule has 3 N–H and O–H groups in total. The Bertz CT molecular complexity index is 1350. The number of fused-ring (bicyclic) bond motifs is 3. The molecular weight excluding hydrogens is 400 g/mol. The standard InChI is InChI=1S/C26H24N4O2/c1-3-17-12-14-18(15-13-17)28-25(32)23-16(2)27-26-29-20-9-5-6-10-21(20)30(26)24(23)19-8-4-7-11-22(19)31/h4-15,24,31H,3H2,1-2H3,(H,27,29)(H,28,32)/t24-/m1/s1. The van der Waals surface area contributed by atoms with Crippen molar-refractivity contribution in [2.75, 3.05) is 10.6 Å². The molecule has 3 aromatic carbocycles. The summed E-state index contributed by atoms with van der Waals surface area (Å²) in [4.78, 5) is 18.3. The molecule has 0 radical (unpaired) electrons. The highest BCUT2D eigenvalue weighted by Gasteiger charge is 2.35. The highest BCUT2D eigenvalue weighted by molar-refractivity contribution is 6.06. The van der Waals surface area contributed by atoms with Crippen LogP contribution in [0.5, 0.6) is 5.75 Å². The van der Waals surface area contributed by atoms with Gasteiger partial charge in [0.05, 0.1) is 22.6 Å². The number of amides is 1. The number of hydrogen-bond acceptors (Lipinski definition) is 4. The average Bonchev–Trinajstić information content (AvgIpc) is 3.17. The molecule has 0 unspecified atom stereocenters. The quantitative estimate of drug-likeness (QED) is 0.419. The Kier molecular flexibility index (Phi) is 4.90. The number of aromatic hydroxyl groups is 1. The molecule has 0 fully saturated rings. The average molecular weight is 425 g/mol. The zero-order chi connectivity index (χ0) is 22.2. The van der Waals surface area contributed by atoms with Crippen LogP contribution in [0, 0.1) is 0 Å². The second-order valence-corrected chi connectivity index (χ2v) is 7.92. The number of hydrogen-bond donors (Lipinski definition) is 3. The van der Waals surface area contributed by atoms with Gasteiger partial charge in [-0.2, -0.15) is 0 Å². The number of rotatable bonds is 4. The van der Waals surface area contributed by atoms with E-state index in [0.717, 1.165) is 23.1 Å². The number of allylic oxidation sites excluding steroid dienone is 1. The van der Waals surface area contributed by atoms with Gasteiger partial charge in [0.1, 0.15) is 5.75 Å². The van der Waals surface area contributed by atoms with E-state index in [0.29, 0.717) is 22.8 Å². The van der Waals surface area contributed by atoms with E-state index in [1.807, 2.05) is 72.2 Å². The van der Waals surface area contributed by atoms with Gasteiger partial charge in [-0.1, -0.05) is 49.4 Å². The number of phenolic OH excluding ortho intramolecular Hbond substituents is 1. The van der Waals surface area contributed by atoms with E-state index in [4.69, 9.17) is 4.98 Å². The van der Waals surface area contributed by atoms with E-state index in [-0.39, 0.29) is 11.7 Å². The van der Waals surface area contributed by atoms with Crippen LogP contribution in [0.1, 0.15) is 31.0 Å². The minimum Gasteiger partial charge on any atom is -0.508 e. The van der Waals surface area contributed by atoms with Crippen molar-refractivity contribution in [1.82, 2.24) is 9.55 Å². The molecule has 2 heterocycles. The zero-order valence-electron chi connectivity index (χ0n) is 18.0. The Morgan fingerprint density at radius 3 is 2.53 bits per heavy atom. The van der Waals surface area contributed by atoms with Crippen LogP contribution in [0.4, 0.5) is 11.6 Å². The van der Waals surface area contributed by atoms with Crippen LogP contribution >= 0.6 is 0 Å². The van der Waals surface area contributed by atoms with E-state index < -0.39 is 6.04 Å². The van der Waals surface area contributed by atoms with Crippen LogP contribution < -0.4 is 10.6 Å². The molecule has 6 heteroatoms. The molecule has 0 bridgehead atoms. The highest BCUT2D eigenvalue weighted by atomic mass is 16.3. The summed E-state index contributed by atoms with van der Waals surface area (Å²) in [6.07, 6.45) is 0.939. The van der Waals surface area contributed by atoms with E-state index in [2.05, 4.69) is 17.6 Å². The number of para-hydroxylation sites is 3. The van der Waals surface area contributed by atoms with Gasteiger partial charge in [-0.15, -0.1) is 0 Å². The predicted octanol–water partition coefficient (Wildman–Crippen LogP) is 5.23. The molecule has 1 aromatic heterocycles. The fraction of sp³-hybridized carbons (Fsp3) is 0.154. The van der Waals surface area contributed by atoms with Crippen molar-refractivity contribution in [3.05, 3.63) is 95.2 Å². The summed E-state index contributed by atoms with van der Waals surface area (Å²) in [5.41, 5.74) is 5.51. The van der Waals surface area contributed by atoms with Gasteiger partial charge in [-0.05, 0) is 49.2 Å². The fourth-order valence-corrected chi connectivity index (χ4v) is 4.29. The van der Waals surface area contributed by atoms with Crippen molar-refractivity contribution in [3.63, 3.8) is 0 Å². The van der Waals surface area contributed by atoms with Gasteiger partial charge in [-0.25, -0.2) is 4.98 Å². The Hall–Kier alpha value is -4.06. The molecular formula is C26H24N4O2. The lowest BCUT2D eigenvalue weighted by Crippen LogP contribution is -2.31. The predicted molar refractivity (Wildman–Crippen MR) is 127 cm³/mol. The van der Waals surface area contributed by atoms with Crippen molar-refractivity contribution in [3.8, 4) is 5.75 Å². The SMILES string of the molecule is CCc1ccc(NC(=O)C2=C(C)Nc3nc4ccccc4n3[C@@H]2c2ccccc2O)cc1. The summed E-state index contributed by atoms with van der Waals surface area (Å²) in [6.45, 7) is 3.96. The first-order valence-electron chi connectivity index (χ1n) is 10.7. The van der Waals surface area contributed by atoms with Crippen LogP contribution in [0.15, 0.2) is 84.1 Å². The Morgan fingerprint density at radius 1 is 1.06 bits per heavy atom. The number of aryl methyl sites for hydroxylation is 1. The Balaban J connectivity index is 1.64. The molecule has 1 aliphatic rings. The van der Waals surface area contributed by atoms with Gasteiger partial charge < -0.3 is 15.7 Å². The van der Waals surface area contributed by atoms with Gasteiger partial charge in [-0.3, -0.25) is 9.36 Å². The molecule has 1 aliphatic heterocycles. The normalized spacial score (nSPS) is 15.4. The molecule has 5 rings (SSSR count). The molecule has 0 spiro atoms. The minimum atomic E-state index is -0.533. The maximum Gasteiger partial charge on any atom is 0.255 e. The third-order valence-corrected chi connectivity index (χ3v) is 5.93. The van der Waals surface area contributed by atoms with Gasteiger partial charge in [0.2, 0.25) is 5.95 Å². The molecule has 32 heavy (non-hydrogen) atoms. The Morgan fingerprint density at radius 2 is 1.78 bits per heavy atom. The van der Waals surface area contributed by atoms with Crippen LogP contribution in [0.3, 0.4) is 0 Å². The second-order valence-electron chi connectivity index (χ2n) is 7.92. The third kappa shape index (κ3) is 3.30. The second kappa shape index (κ2) is 7.89. The molecule has 1 atom stereocenters. The molecule has 0 saturated carbocycles. The molecule has 0 saturated heterocycles. The lowest BCUT2D eigenvalue weighted by atomic mass is 9.93. The first-order chi connectivity index (χ1) is 15.6. The molecule has 1 amide bonds. The van der Waals surface area contributed by atoms with Gasteiger partial charge in [0, 0.05) is 16.9 Å². The topological polar surface area (TPSA) is 79.2 Å². The van der Waals surface area contributed by atoms with Crippen molar-refractivity contribution >= 4 is 28.6 Å². The van der Waals surface area contributed by atoms with Crippen molar-refractivity contribution in [1.29, 1.82) is 0 Å². The summed E-state index contributed by atoms with van der Waals surface area (Å²) in [5.74, 6) is 0.547. The first-order valence-corrected chi connectivity index (χ1v) is 10.7.